The quantitative estimate of drug-likeness (QED) is 0.628. The van der Waals surface area contributed by atoms with Gasteiger partial charge in [0, 0.05) is 30.6 Å². The molecular weight excluding hydrogens is 200 g/mol. The van der Waals surface area contributed by atoms with Gasteiger partial charge in [0.05, 0.1) is 0 Å². The first kappa shape index (κ1) is 11.6. The summed E-state index contributed by atoms with van der Waals surface area (Å²) in [5.74, 6) is 0.0832. The van der Waals surface area contributed by atoms with Crippen LogP contribution in [-0.4, -0.2) is 47.4 Å². The van der Waals surface area contributed by atoms with Crippen molar-refractivity contribution in [2.24, 2.45) is 5.41 Å². The number of likely N-dealkylation sites (tertiary alicyclic amines) is 2. The topological polar surface area (TPSA) is 23.6 Å². The number of hydrogen-bond donors (Lipinski definition) is 0. The fourth-order valence-corrected chi connectivity index (χ4v) is 2.81. The molecule has 90 valence electrons. The van der Waals surface area contributed by atoms with Gasteiger partial charge in [-0.3, -0.25) is 9.69 Å². The minimum atomic E-state index is 0.0832. The van der Waals surface area contributed by atoms with Gasteiger partial charge >= 0.3 is 0 Å². The molecule has 0 aromatic heterocycles. The van der Waals surface area contributed by atoms with Gasteiger partial charge in [-0.1, -0.05) is 6.58 Å². The average Bonchev–Trinajstić information content (AvgIpc) is 2.58. The largest absolute Gasteiger partial charge is 0.338 e. The second kappa shape index (κ2) is 3.59. The zero-order chi connectivity index (χ0) is 12.0. The van der Waals surface area contributed by atoms with Crippen LogP contribution in [0, 0.1) is 5.41 Å². The molecule has 2 aliphatic rings. The number of nitrogens with zero attached hydrogens (tertiary/aromatic N) is 2. The van der Waals surface area contributed by atoms with Crippen molar-refractivity contribution in [3.63, 3.8) is 0 Å². The van der Waals surface area contributed by atoms with Gasteiger partial charge in [-0.25, -0.2) is 0 Å². The molecule has 0 radical (unpaired) electrons. The predicted molar refractivity (Wildman–Crippen MR) is 65.2 cm³/mol. The molecule has 0 bridgehead atoms. The van der Waals surface area contributed by atoms with Crippen molar-refractivity contribution in [3.05, 3.63) is 12.7 Å². The lowest BCUT2D eigenvalue weighted by Gasteiger charge is -2.48. The van der Waals surface area contributed by atoms with E-state index in [4.69, 9.17) is 0 Å². The fourth-order valence-electron chi connectivity index (χ4n) is 2.81. The van der Waals surface area contributed by atoms with Gasteiger partial charge in [0.1, 0.15) is 0 Å². The summed E-state index contributed by atoms with van der Waals surface area (Å²) in [5.41, 5.74) is 0.637. The van der Waals surface area contributed by atoms with Crippen LogP contribution in [0.4, 0.5) is 0 Å². The van der Waals surface area contributed by atoms with E-state index in [1.54, 1.807) is 0 Å². The van der Waals surface area contributed by atoms with Gasteiger partial charge in [-0.05, 0) is 39.8 Å². The highest BCUT2D eigenvalue weighted by atomic mass is 16.2. The molecule has 1 spiro atoms. The Morgan fingerprint density at radius 3 is 2.38 bits per heavy atom. The molecular formula is C13H22N2O. The molecule has 1 amide bonds. The summed E-state index contributed by atoms with van der Waals surface area (Å²) in [7, 11) is 0. The van der Waals surface area contributed by atoms with E-state index in [9.17, 15) is 4.79 Å². The maximum Gasteiger partial charge on any atom is 0.245 e. The first-order chi connectivity index (χ1) is 7.36. The highest BCUT2D eigenvalue weighted by molar-refractivity contribution is 5.87. The van der Waals surface area contributed by atoms with E-state index >= 15 is 0 Å². The number of amides is 1. The Bertz CT molecular complexity index is 310. The van der Waals surface area contributed by atoms with E-state index < -0.39 is 0 Å². The van der Waals surface area contributed by atoms with Crippen LogP contribution in [0.15, 0.2) is 12.7 Å². The standard InChI is InChI=1S/C13H22N2O/c1-5-11(16)14-8-13(9-14)6-7-15(10-13)12(2,3)4/h5H,1,6-10H2,2-4H3. The molecule has 2 saturated heterocycles. The molecule has 0 aliphatic carbocycles. The van der Waals surface area contributed by atoms with Gasteiger partial charge < -0.3 is 4.90 Å². The van der Waals surface area contributed by atoms with Gasteiger partial charge in [0.15, 0.2) is 0 Å². The Morgan fingerprint density at radius 2 is 1.94 bits per heavy atom. The normalized spacial score (nSPS) is 24.6. The maximum absolute atomic E-state index is 11.4. The summed E-state index contributed by atoms with van der Waals surface area (Å²) in [6.07, 6.45) is 2.65. The number of rotatable bonds is 1. The molecule has 0 saturated carbocycles. The molecule has 0 N–H and O–H groups in total. The van der Waals surface area contributed by atoms with Crippen molar-refractivity contribution in [1.29, 1.82) is 0 Å². The fraction of sp³-hybridized carbons (Fsp3) is 0.769. The first-order valence-corrected chi connectivity index (χ1v) is 6.03. The van der Waals surface area contributed by atoms with Gasteiger partial charge in [0.25, 0.3) is 0 Å². The third-order valence-electron chi connectivity index (χ3n) is 3.93. The summed E-state index contributed by atoms with van der Waals surface area (Å²) in [5, 5.41) is 0. The molecule has 3 nitrogen and oxygen atoms in total. The molecule has 2 fully saturated rings. The lowest BCUT2D eigenvalue weighted by Crippen LogP contribution is -2.59. The van der Waals surface area contributed by atoms with E-state index in [1.807, 2.05) is 4.90 Å². The second-order valence-corrected chi connectivity index (χ2v) is 6.24. The van der Waals surface area contributed by atoms with Crippen LogP contribution in [0.1, 0.15) is 27.2 Å². The molecule has 0 aromatic carbocycles. The van der Waals surface area contributed by atoms with Gasteiger partial charge in [0.2, 0.25) is 5.91 Å². The molecule has 2 aliphatic heterocycles. The highest BCUT2D eigenvalue weighted by Gasteiger charge is 2.50. The van der Waals surface area contributed by atoms with E-state index in [0.29, 0.717) is 5.41 Å². The minimum Gasteiger partial charge on any atom is -0.338 e. The Kier molecular flexibility index (Phi) is 2.61. The molecule has 2 rings (SSSR count). The smallest absolute Gasteiger partial charge is 0.245 e. The molecule has 0 unspecified atom stereocenters. The number of carbonyl (C=O) groups excluding carboxylic acids is 1. The Labute approximate surface area is 98.1 Å². The summed E-state index contributed by atoms with van der Waals surface area (Å²) >= 11 is 0. The van der Waals surface area contributed by atoms with Gasteiger partial charge in [-0.15, -0.1) is 0 Å². The Balaban J connectivity index is 1.92. The summed E-state index contributed by atoms with van der Waals surface area (Å²) in [6.45, 7) is 14.5. The Morgan fingerprint density at radius 1 is 1.31 bits per heavy atom. The van der Waals surface area contributed by atoms with Crippen molar-refractivity contribution in [1.82, 2.24) is 9.80 Å². The van der Waals surface area contributed by atoms with E-state index in [2.05, 4.69) is 32.3 Å². The summed E-state index contributed by atoms with van der Waals surface area (Å²) < 4.78 is 0. The van der Waals surface area contributed by atoms with Crippen molar-refractivity contribution >= 4 is 5.91 Å². The highest BCUT2D eigenvalue weighted by Crippen LogP contribution is 2.41. The lowest BCUT2D eigenvalue weighted by molar-refractivity contribution is -0.137. The second-order valence-electron chi connectivity index (χ2n) is 6.24. The third kappa shape index (κ3) is 1.88. The Hall–Kier alpha value is -0.830. The summed E-state index contributed by atoms with van der Waals surface area (Å²) in [4.78, 5) is 15.8. The van der Waals surface area contributed by atoms with Crippen molar-refractivity contribution < 1.29 is 4.79 Å². The average molecular weight is 222 g/mol. The van der Waals surface area contributed by atoms with Crippen LogP contribution in [0.2, 0.25) is 0 Å². The van der Waals surface area contributed by atoms with Gasteiger partial charge in [-0.2, -0.15) is 0 Å². The van der Waals surface area contributed by atoms with Crippen LogP contribution in [0.5, 0.6) is 0 Å². The molecule has 16 heavy (non-hydrogen) atoms. The monoisotopic (exact) mass is 222 g/mol. The molecule has 3 heteroatoms. The predicted octanol–water partition coefficient (Wildman–Crippen LogP) is 1.51. The third-order valence-corrected chi connectivity index (χ3v) is 3.93. The van der Waals surface area contributed by atoms with Crippen molar-refractivity contribution in [3.8, 4) is 0 Å². The molecule has 0 atom stereocenters. The van der Waals surface area contributed by atoms with Crippen molar-refractivity contribution in [2.75, 3.05) is 26.2 Å². The van der Waals surface area contributed by atoms with Crippen LogP contribution in [0.3, 0.4) is 0 Å². The van der Waals surface area contributed by atoms with Crippen LogP contribution < -0.4 is 0 Å². The zero-order valence-electron chi connectivity index (χ0n) is 10.6. The first-order valence-electron chi connectivity index (χ1n) is 6.03. The number of carbonyl (C=O) groups is 1. The van der Waals surface area contributed by atoms with Crippen LogP contribution >= 0.6 is 0 Å². The lowest BCUT2D eigenvalue weighted by atomic mass is 9.79. The maximum atomic E-state index is 11.4. The van der Waals surface area contributed by atoms with Crippen LogP contribution in [0.25, 0.3) is 0 Å². The van der Waals surface area contributed by atoms with Crippen LogP contribution in [-0.2, 0) is 4.79 Å². The van der Waals surface area contributed by atoms with E-state index in [-0.39, 0.29) is 11.4 Å². The minimum absolute atomic E-state index is 0.0832. The van der Waals surface area contributed by atoms with Crippen molar-refractivity contribution in [2.45, 2.75) is 32.7 Å². The number of hydrogen-bond acceptors (Lipinski definition) is 2. The summed E-state index contributed by atoms with van der Waals surface area (Å²) in [6, 6.07) is 0. The van der Waals surface area contributed by atoms with E-state index in [1.165, 1.54) is 19.0 Å². The molecule has 0 aromatic rings. The SMILES string of the molecule is C=CC(=O)N1CC2(CCN(C(C)(C)C)C2)C1. The molecule has 2 heterocycles. The zero-order valence-corrected chi connectivity index (χ0v) is 10.6. The van der Waals surface area contributed by atoms with E-state index in [0.717, 1.165) is 19.6 Å².